The Morgan fingerprint density at radius 1 is 1.24 bits per heavy atom. The molecular formula is C12H11F3N4OS. The second-order valence-corrected chi connectivity index (χ2v) is 5.01. The number of methoxy groups -OCH3 is 1. The Morgan fingerprint density at radius 3 is 2.57 bits per heavy atom. The summed E-state index contributed by atoms with van der Waals surface area (Å²) in [4.78, 5) is 11.9. The smallest absolute Gasteiger partial charge is 0.384 e. The summed E-state index contributed by atoms with van der Waals surface area (Å²) in [5, 5.41) is 0.867. The molecule has 0 aromatic carbocycles. The van der Waals surface area contributed by atoms with Crippen LogP contribution in [-0.2, 0) is 17.5 Å². The van der Waals surface area contributed by atoms with Gasteiger partial charge in [-0.2, -0.15) is 13.2 Å². The predicted molar refractivity (Wildman–Crippen MR) is 70.5 cm³/mol. The highest BCUT2D eigenvalue weighted by Crippen LogP contribution is 2.31. The molecule has 2 rings (SSSR count). The summed E-state index contributed by atoms with van der Waals surface area (Å²) >= 11 is 1.10. The largest absolute Gasteiger partial charge is 0.417 e. The molecule has 0 unspecified atom stereocenters. The molecule has 0 radical (unpaired) electrons. The summed E-state index contributed by atoms with van der Waals surface area (Å²) < 4.78 is 42.2. The molecule has 2 aromatic heterocycles. The summed E-state index contributed by atoms with van der Waals surface area (Å²) in [6.07, 6.45) is -3.62. The van der Waals surface area contributed by atoms with Crippen molar-refractivity contribution in [1.82, 2.24) is 15.0 Å². The van der Waals surface area contributed by atoms with Crippen molar-refractivity contribution in [2.75, 3.05) is 12.8 Å². The van der Waals surface area contributed by atoms with Crippen molar-refractivity contribution in [1.29, 1.82) is 0 Å². The van der Waals surface area contributed by atoms with E-state index in [4.69, 9.17) is 10.5 Å². The zero-order valence-electron chi connectivity index (χ0n) is 10.9. The lowest BCUT2D eigenvalue weighted by Crippen LogP contribution is -2.05. The van der Waals surface area contributed by atoms with Crippen LogP contribution in [0.4, 0.5) is 19.0 Å². The van der Waals surface area contributed by atoms with E-state index >= 15 is 0 Å². The molecule has 0 saturated heterocycles. The maximum absolute atomic E-state index is 12.4. The number of ether oxygens (including phenoxy) is 1. The van der Waals surface area contributed by atoms with Crippen LogP contribution in [0.1, 0.15) is 11.4 Å². The molecule has 0 aliphatic heterocycles. The third-order valence-corrected chi connectivity index (χ3v) is 3.18. The maximum atomic E-state index is 12.4. The molecule has 0 atom stereocenters. The van der Waals surface area contributed by atoms with Crippen LogP contribution in [0.15, 0.2) is 34.4 Å². The fourth-order valence-electron chi connectivity index (χ4n) is 1.45. The van der Waals surface area contributed by atoms with E-state index in [1.807, 2.05) is 0 Å². The number of aromatic nitrogens is 3. The van der Waals surface area contributed by atoms with Gasteiger partial charge in [-0.1, -0.05) is 0 Å². The fraction of sp³-hybridized carbons (Fsp3) is 0.250. The number of rotatable bonds is 4. The molecule has 0 aliphatic rings. The van der Waals surface area contributed by atoms with Gasteiger partial charge in [-0.25, -0.2) is 15.0 Å². The first-order chi connectivity index (χ1) is 9.88. The van der Waals surface area contributed by atoms with E-state index in [9.17, 15) is 13.2 Å². The molecule has 2 heterocycles. The molecule has 2 aromatic rings. The van der Waals surface area contributed by atoms with Crippen LogP contribution in [0.25, 0.3) is 0 Å². The van der Waals surface area contributed by atoms with Crippen LogP contribution in [0.3, 0.4) is 0 Å². The molecule has 0 spiro atoms. The zero-order chi connectivity index (χ0) is 15.5. The molecule has 0 aliphatic carbocycles. The van der Waals surface area contributed by atoms with Gasteiger partial charge in [0.25, 0.3) is 0 Å². The van der Waals surface area contributed by atoms with Gasteiger partial charge in [-0.05, 0) is 23.9 Å². The van der Waals surface area contributed by atoms with Gasteiger partial charge in [0.05, 0.1) is 5.56 Å². The Kier molecular flexibility index (Phi) is 4.63. The highest BCUT2D eigenvalue weighted by molar-refractivity contribution is 7.99. The highest BCUT2D eigenvalue weighted by Gasteiger charge is 2.30. The average Bonchev–Trinajstić information content (AvgIpc) is 2.38. The van der Waals surface area contributed by atoms with E-state index in [0.29, 0.717) is 15.9 Å². The van der Waals surface area contributed by atoms with E-state index in [1.54, 1.807) is 0 Å². The lowest BCUT2D eigenvalue weighted by atomic mass is 10.3. The minimum absolute atomic E-state index is 0.193. The molecule has 112 valence electrons. The molecule has 9 heteroatoms. The van der Waals surface area contributed by atoms with E-state index < -0.39 is 11.7 Å². The van der Waals surface area contributed by atoms with Crippen molar-refractivity contribution >= 4 is 17.6 Å². The van der Waals surface area contributed by atoms with Gasteiger partial charge in [0.2, 0.25) is 0 Å². The molecule has 0 bridgehead atoms. The summed E-state index contributed by atoms with van der Waals surface area (Å²) in [6.45, 7) is 0.193. The topological polar surface area (TPSA) is 73.9 Å². The van der Waals surface area contributed by atoms with Crippen molar-refractivity contribution in [3.63, 3.8) is 0 Å². The molecular weight excluding hydrogens is 305 g/mol. The van der Waals surface area contributed by atoms with Gasteiger partial charge in [-0.15, -0.1) is 0 Å². The van der Waals surface area contributed by atoms with Gasteiger partial charge >= 0.3 is 6.18 Å². The highest BCUT2D eigenvalue weighted by atomic mass is 32.2. The summed E-state index contributed by atoms with van der Waals surface area (Å²) in [5.41, 5.74) is 4.84. The number of alkyl halides is 3. The van der Waals surface area contributed by atoms with Crippen LogP contribution in [0, 0.1) is 0 Å². The molecule has 0 fully saturated rings. The van der Waals surface area contributed by atoms with Crippen molar-refractivity contribution in [3.8, 4) is 0 Å². The number of nitrogens with zero attached hydrogens (tertiary/aromatic N) is 3. The molecule has 5 nitrogen and oxygen atoms in total. The Balaban J connectivity index is 2.18. The van der Waals surface area contributed by atoms with Gasteiger partial charge in [0, 0.05) is 19.4 Å². The predicted octanol–water partition coefficient (Wildman–Crippen LogP) is 2.77. The van der Waals surface area contributed by atoms with Crippen LogP contribution in [0.2, 0.25) is 0 Å². The third-order valence-electron chi connectivity index (χ3n) is 2.32. The van der Waals surface area contributed by atoms with Crippen molar-refractivity contribution in [3.05, 3.63) is 35.8 Å². The number of anilines is 1. The monoisotopic (exact) mass is 316 g/mol. The molecule has 2 N–H and O–H groups in total. The van der Waals surface area contributed by atoms with Crippen LogP contribution >= 0.6 is 11.8 Å². The summed E-state index contributed by atoms with van der Waals surface area (Å²) in [6, 6.07) is 3.76. The van der Waals surface area contributed by atoms with E-state index in [2.05, 4.69) is 15.0 Å². The molecule has 21 heavy (non-hydrogen) atoms. The number of halogens is 3. The lowest BCUT2D eigenvalue weighted by Gasteiger charge is -2.07. The average molecular weight is 316 g/mol. The first-order valence-electron chi connectivity index (χ1n) is 5.72. The van der Waals surface area contributed by atoms with Gasteiger partial charge in [-0.3, -0.25) is 0 Å². The second-order valence-electron chi connectivity index (χ2n) is 3.97. The lowest BCUT2D eigenvalue weighted by molar-refractivity contribution is -0.137. The number of hydrogen-bond acceptors (Lipinski definition) is 6. The summed E-state index contributed by atoms with van der Waals surface area (Å²) in [5.74, 6) is 0.651. The van der Waals surface area contributed by atoms with Crippen molar-refractivity contribution in [2.45, 2.75) is 22.8 Å². The minimum Gasteiger partial charge on any atom is -0.384 e. The third kappa shape index (κ3) is 4.30. The first kappa shape index (κ1) is 15.5. The Bertz CT molecular complexity index is 619. The van der Waals surface area contributed by atoms with E-state index in [1.165, 1.54) is 19.2 Å². The Morgan fingerprint density at radius 2 is 2.00 bits per heavy atom. The van der Waals surface area contributed by atoms with Crippen molar-refractivity contribution < 1.29 is 17.9 Å². The van der Waals surface area contributed by atoms with Crippen LogP contribution in [-0.4, -0.2) is 22.1 Å². The number of pyridine rings is 1. The minimum atomic E-state index is -4.40. The SMILES string of the molecule is COCc1nc(N)cc(Sc2ccc(C(F)(F)F)cn2)n1. The Hall–Kier alpha value is -1.87. The number of hydrogen-bond donors (Lipinski definition) is 1. The van der Waals surface area contributed by atoms with Gasteiger partial charge in [0.1, 0.15) is 22.5 Å². The van der Waals surface area contributed by atoms with Crippen LogP contribution < -0.4 is 5.73 Å². The fourth-order valence-corrected chi connectivity index (χ4v) is 2.24. The molecule has 0 saturated carbocycles. The Labute approximate surface area is 122 Å². The normalized spacial score (nSPS) is 11.6. The maximum Gasteiger partial charge on any atom is 0.417 e. The van der Waals surface area contributed by atoms with Gasteiger partial charge in [0.15, 0.2) is 5.82 Å². The quantitative estimate of drug-likeness (QED) is 0.874. The zero-order valence-corrected chi connectivity index (χ0v) is 11.7. The first-order valence-corrected chi connectivity index (χ1v) is 6.53. The van der Waals surface area contributed by atoms with Crippen molar-refractivity contribution in [2.24, 2.45) is 0 Å². The van der Waals surface area contributed by atoms with Gasteiger partial charge < -0.3 is 10.5 Å². The number of nitrogens with two attached hydrogens (primary N) is 1. The standard InChI is InChI=1S/C12H11F3N4OS/c1-20-6-9-18-8(16)4-11(19-9)21-10-3-2-7(5-17-10)12(13,14)15/h2-5H,6H2,1H3,(H2,16,18,19). The number of nitrogen functional groups attached to an aromatic ring is 1. The molecule has 0 amide bonds. The van der Waals surface area contributed by atoms with E-state index in [0.717, 1.165) is 24.0 Å². The second kappa shape index (κ2) is 6.27. The van der Waals surface area contributed by atoms with Crippen LogP contribution in [0.5, 0.6) is 0 Å². The van der Waals surface area contributed by atoms with E-state index in [-0.39, 0.29) is 12.4 Å². The summed E-state index contributed by atoms with van der Waals surface area (Å²) in [7, 11) is 1.50.